The van der Waals surface area contributed by atoms with Gasteiger partial charge in [-0.1, -0.05) is 82.7 Å². The Kier molecular flexibility index (Phi) is 9.40. The number of nitrogens with zero attached hydrogens (tertiary/aromatic N) is 2. The standard InChI is InChI=1S/C23H37N2/c1-3-5-7-8-9-13-17-23-24(18-14-6-4-2)19-20-25(23)21-22-15-11-10-12-16-22/h10-12,15-16,19-20H,3-9,13-14,17-18,21H2,1-2H3/q+1. The first kappa shape index (κ1) is 19.8. The van der Waals surface area contributed by atoms with Crippen LogP contribution in [0, 0.1) is 0 Å². The second-order valence-corrected chi connectivity index (χ2v) is 7.25. The Morgan fingerprint density at radius 3 is 2.24 bits per heavy atom. The van der Waals surface area contributed by atoms with Gasteiger partial charge in [0.1, 0.15) is 18.9 Å². The van der Waals surface area contributed by atoms with Crippen molar-refractivity contribution in [3.05, 3.63) is 54.1 Å². The van der Waals surface area contributed by atoms with Gasteiger partial charge in [0.15, 0.2) is 0 Å². The molecule has 2 nitrogen and oxygen atoms in total. The van der Waals surface area contributed by atoms with E-state index in [1.807, 2.05) is 0 Å². The number of unbranched alkanes of at least 4 members (excludes halogenated alkanes) is 7. The van der Waals surface area contributed by atoms with E-state index in [-0.39, 0.29) is 0 Å². The van der Waals surface area contributed by atoms with Gasteiger partial charge in [-0.3, -0.25) is 0 Å². The Bertz CT molecular complexity index is 571. The van der Waals surface area contributed by atoms with Gasteiger partial charge in [-0.2, -0.15) is 0 Å². The Hall–Kier alpha value is -1.57. The summed E-state index contributed by atoms with van der Waals surface area (Å²) >= 11 is 0. The Morgan fingerprint density at radius 1 is 0.800 bits per heavy atom. The van der Waals surface area contributed by atoms with E-state index in [0.717, 1.165) is 6.54 Å². The van der Waals surface area contributed by atoms with E-state index in [0.29, 0.717) is 0 Å². The highest BCUT2D eigenvalue weighted by molar-refractivity contribution is 5.15. The summed E-state index contributed by atoms with van der Waals surface area (Å²) in [6.07, 6.45) is 17.9. The van der Waals surface area contributed by atoms with E-state index in [2.05, 4.69) is 65.7 Å². The summed E-state index contributed by atoms with van der Waals surface area (Å²) in [6.45, 7) is 6.73. The van der Waals surface area contributed by atoms with Gasteiger partial charge < -0.3 is 0 Å². The van der Waals surface area contributed by atoms with Crippen LogP contribution >= 0.6 is 0 Å². The van der Waals surface area contributed by atoms with Crippen molar-refractivity contribution in [2.75, 3.05) is 0 Å². The highest BCUT2D eigenvalue weighted by atomic mass is 15.1. The SMILES string of the molecule is CCCCCCCCc1n(Cc2ccccc2)cc[n+]1CCCCC. The maximum absolute atomic E-state index is 2.50. The molecule has 0 spiro atoms. The fourth-order valence-electron chi connectivity index (χ4n) is 3.51. The average Bonchev–Trinajstić information content (AvgIpc) is 3.01. The molecular formula is C23H37N2+. The number of aromatic nitrogens is 2. The first-order chi connectivity index (χ1) is 12.3. The molecule has 1 aromatic carbocycles. The van der Waals surface area contributed by atoms with Crippen LogP contribution in [-0.4, -0.2) is 4.57 Å². The van der Waals surface area contributed by atoms with Crippen LogP contribution in [0.15, 0.2) is 42.7 Å². The molecule has 0 fully saturated rings. The van der Waals surface area contributed by atoms with Crippen molar-refractivity contribution in [2.24, 2.45) is 0 Å². The lowest BCUT2D eigenvalue weighted by Crippen LogP contribution is -2.37. The molecule has 2 rings (SSSR count). The molecule has 1 aromatic heterocycles. The number of rotatable bonds is 13. The van der Waals surface area contributed by atoms with Crippen molar-refractivity contribution >= 4 is 0 Å². The molecular weight excluding hydrogens is 304 g/mol. The van der Waals surface area contributed by atoms with E-state index in [9.17, 15) is 0 Å². The molecule has 2 aromatic rings. The summed E-state index contributed by atoms with van der Waals surface area (Å²) < 4.78 is 4.97. The van der Waals surface area contributed by atoms with E-state index in [4.69, 9.17) is 0 Å². The summed E-state index contributed by atoms with van der Waals surface area (Å²) in [7, 11) is 0. The summed E-state index contributed by atoms with van der Waals surface area (Å²) in [5.41, 5.74) is 1.39. The zero-order valence-electron chi connectivity index (χ0n) is 16.4. The molecule has 2 heteroatoms. The smallest absolute Gasteiger partial charge is 0.234 e. The Labute approximate surface area is 154 Å². The highest BCUT2D eigenvalue weighted by Gasteiger charge is 2.16. The van der Waals surface area contributed by atoms with Crippen LogP contribution in [0.25, 0.3) is 0 Å². The molecule has 0 amide bonds. The normalized spacial score (nSPS) is 11.1. The van der Waals surface area contributed by atoms with Crippen LogP contribution in [0.4, 0.5) is 0 Å². The Morgan fingerprint density at radius 2 is 1.48 bits per heavy atom. The number of hydrogen-bond acceptors (Lipinski definition) is 0. The van der Waals surface area contributed by atoms with Crippen molar-refractivity contribution in [2.45, 2.75) is 91.1 Å². The first-order valence-electron chi connectivity index (χ1n) is 10.5. The molecule has 0 aliphatic carbocycles. The van der Waals surface area contributed by atoms with Crippen LogP contribution < -0.4 is 4.57 Å². The van der Waals surface area contributed by atoms with E-state index in [1.54, 1.807) is 0 Å². The van der Waals surface area contributed by atoms with Gasteiger partial charge in [0.2, 0.25) is 0 Å². The van der Waals surface area contributed by atoms with Crippen LogP contribution in [-0.2, 0) is 19.5 Å². The lowest BCUT2D eigenvalue weighted by atomic mass is 10.1. The van der Waals surface area contributed by atoms with Crippen molar-refractivity contribution in [1.29, 1.82) is 0 Å². The molecule has 0 radical (unpaired) electrons. The van der Waals surface area contributed by atoms with Gasteiger partial charge in [-0.15, -0.1) is 0 Å². The van der Waals surface area contributed by atoms with Crippen molar-refractivity contribution in [3.8, 4) is 0 Å². The first-order valence-corrected chi connectivity index (χ1v) is 10.5. The predicted molar refractivity (Wildman–Crippen MR) is 107 cm³/mol. The zero-order valence-corrected chi connectivity index (χ0v) is 16.4. The molecule has 0 aliphatic heterocycles. The largest absolute Gasteiger partial charge is 0.256 e. The molecule has 0 aliphatic rings. The topological polar surface area (TPSA) is 8.81 Å². The average molecular weight is 342 g/mol. The fraction of sp³-hybridized carbons (Fsp3) is 0.609. The lowest BCUT2D eigenvalue weighted by Gasteiger charge is -2.06. The molecule has 0 saturated heterocycles. The molecule has 138 valence electrons. The minimum absolute atomic E-state index is 0.993. The third-order valence-corrected chi connectivity index (χ3v) is 5.04. The van der Waals surface area contributed by atoms with Crippen molar-refractivity contribution < 1.29 is 4.57 Å². The molecule has 0 N–H and O–H groups in total. The minimum atomic E-state index is 0.993. The van der Waals surface area contributed by atoms with Crippen LogP contribution in [0.3, 0.4) is 0 Å². The second kappa shape index (κ2) is 11.9. The molecule has 0 unspecified atom stereocenters. The fourth-order valence-corrected chi connectivity index (χ4v) is 3.51. The molecule has 1 heterocycles. The molecule has 0 saturated carbocycles. The summed E-state index contributed by atoms with van der Waals surface area (Å²) in [4.78, 5) is 0. The third kappa shape index (κ3) is 7.05. The van der Waals surface area contributed by atoms with Gasteiger partial charge in [0.05, 0.1) is 6.54 Å². The number of benzene rings is 1. The van der Waals surface area contributed by atoms with Crippen LogP contribution in [0.2, 0.25) is 0 Å². The highest BCUT2D eigenvalue weighted by Crippen LogP contribution is 2.11. The quantitative estimate of drug-likeness (QED) is 0.316. The summed E-state index contributed by atoms with van der Waals surface area (Å²) in [6, 6.07) is 10.8. The summed E-state index contributed by atoms with van der Waals surface area (Å²) in [5, 5.41) is 0. The number of aryl methyl sites for hydroxylation is 1. The van der Waals surface area contributed by atoms with Crippen LogP contribution in [0.1, 0.15) is 83.0 Å². The lowest BCUT2D eigenvalue weighted by molar-refractivity contribution is -0.704. The molecule has 25 heavy (non-hydrogen) atoms. The maximum Gasteiger partial charge on any atom is 0.256 e. The molecule has 0 atom stereocenters. The Balaban J connectivity index is 1.96. The molecule has 0 bridgehead atoms. The van der Waals surface area contributed by atoms with Crippen molar-refractivity contribution in [1.82, 2.24) is 4.57 Å². The maximum atomic E-state index is 2.50. The monoisotopic (exact) mass is 341 g/mol. The number of imidazole rings is 1. The van der Waals surface area contributed by atoms with Gasteiger partial charge >= 0.3 is 0 Å². The second-order valence-electron chi connectivity index (χ2n) is 7.25. The van der Waals surface area contributed by atoms with E-state index >= 15 is 0 Å². The van der Waals surface area contributed by atoms with E-state index in [1.165, 1.54) is 82.1 Å². The zero-order chi connectivity index (χ0) is 17.7. The van der Waals surface area contributed by atoms with Gasteiger partial charge in [0, 0.05) is 6.42 Å². The van der Waals surface area contributed by atoms with E-state index < -0.39 is 0 Å². The van der Waals surface area contributed by atoms with Gasteiger partial charge in [0.25, 0.3) is 5.82 Å². The summed E-state index contributed by atoms with van der Waals surface area (Å²) in [5.74, 6) is 1.51. The number of hydrogen-bond donors (Lipinski definition) is 0. The minimum Gasteiger partial charge on any atom is -0.234 e. The van der Waals surface area contributed by atoms with Crippen molar-refractivity contribution in [3.63, 3.8) is 0 Å². The predicted octanol–water partition coefficient (Wildman–Crippen LogP) is 5.92. The van der Waals surface area contributed by atoms with Gasteiger partial charge in [-0.05, 0) is 24.8 Å². The van der Waals surface area contributed by atoms with Gasteiger partial charge in [-0.25, -0.2) is 9.13 Å². The third-order valence-electron chi connectivity index (χ3n) is 5.04. The van der Waals surface area contributed by atoms with Crippen LogP contribution in [0.5, 0.6) is 0 Å².